The van der Waals surface area contributed by atoms with Crippen LogP contribution in [0.2, 0.25) is 0 Å². The summed E-state index contributed by atoms with van der Waals surface area (Å²) in [5, 5.41) is 5.34. The van der Waals surface area contributed by atoms with Gasteiger partial charge in [-0.1, -0.05) is 32.0 Å². The van der Waals surface area contributed by atoms with Gasteiger partial charge in [-0.25, -0.2) is 9.18 Å². The first kappa shape index (κ1) is 21.5. The van der Waals surface area contributed by atoms with Gasteiger partial charge in [-0.05, 0) is 48.4 Å². The van der Waals surface area contributed by atoms with Crippen LogP contribution < -0.4 is 5.32 Å². The topological polar surface area (TPSA) is 55.4 Å². The van der Waals surface area contributed by atoms with E-state index in [1.165, 1.54) is 17.0 Å². The molecule has 2 aliphatic rings. The van der Waals surface area contributed by atoms with E-state index in [1.807, 2.05) is 32.2 Å². The third-order valence-electron chi connectivity index (χ3n) is 5.72. The van der Waals surface area contributed by atoms with Gasteiger partial charge in [0.05, 0.1) is 12.2 Å². The first-order valence-corrected chi connectivity index (χ1v) is 11.4. The van der Waals surface area contributed by atoms with Crippen molar-refractivity contribution < 1.29 is 18.7 Å². The summed E-state index contributed by atoms with van der Waals surface area (Å²) in [7, 11) is 0. The number of dihydropyridines is 1. The number of esters is 1. The number of ketones is 1. The fraction of sp³-hybridized carbons (Fsp3) is 0.360. The molecule has 2 aromatic rings. The Bertz CT molecular complexity index is 1070. The second-order valence-electron chi connectivity index (χ2n) is 8.58. The van der Waals surface area contributed by atoms with Crippen LogP contribution in [0.1, 0.15) is 55.9 Å². The zero-order valence-corrected chi connectivity index (χ0v) is 18.7. The molecule has 1 aliphatic carbocycles. The molecular weight excluding hydrogens is 413 g/mol. The second kappa shape index (κ2) is 8.79. The smallest absolute Gasteiger partial charge is 0.336 e. The second-order valence-corrected chi connectivity index (χ2v) is 9.56. The predicted octanol–water partition coefficient (Wildman–Crippen LogP) is 5.45. The molecule has 2 heterocycles. The van der Waals surface area contributed by atoms with Crippen molar-refractivity contribution in [3.63, 3.8) is 0 Å². The van der Waals surface area contributed by atoms with Crippen LogP contribution in [0.25, 0.3) is 0 Å². The lowest BCUT2D eigenvalue weighted by atomic mass is 9.72. The SMILES string of the molecule is CC1=C(C(=O)OCC(C)C)[C@@H](c2cccc(F)c2)C2=C(C[C@@H](c3cccs3)CC2=O)N1. The van der Waals surface area contributed by atoms with Crippen molar-refractivity contribution in [2.24, 2.45) is 5.92 Å². The van der Waals surface area contributed by atoms with Gasteiger partial charge in [-0.2, -0.15) is 0 Å². The normalized spacial score (nSPS) is 21.3. The number of ether oxygens (including phenoxy) is 1. The van der Waals surface area contributed by atoms with Crippen molar-refractivity contribution in [2.45, 2.75) is 45.4 Å². The summed E-state index contributed by atoms with van der Waals surface area (Å²) >= 11 is 1.65. The van der Waals surface area contributed by atoms with Gasteiger partial charge < -0.3 is 10.1 Å². The predicted molar refractivity (Wildman–Crippen MR) is 119 cm³/mol. The molecular formula is C25H26FNO3S. The molecule has 0 radical (unpaired) electrons. The Labute approximate surface area is 185 Å². The number of allylic oxidation sites excluding steroid dienone is 3. The first-order valence-electron chi connectivity index (χ1n) is 10.5. The summed E-state index contributed by atoms with van der Waals surface area (Å²) in [5.41, 5.74) is 3.00. The van der Waals surface area contributed by atoms with E-state index in [0.29, 0.717) is 35.2 Å². The molecule has 0 spiro atoms. The van der Waals surface area contributed by atoms with Crippen molar-refractivity contribution in [3.8, 4) is 0 Å². The van der Waals surface area contributed by atoms with Crippen LogP contribution in [-0.4, -0.2) is 18.4 Å². The third kappa shape index (κ3) is 4.35. The van der Waals surface area contributed by atoms with Gasteiger partial charge in [0.25, 0.3) is 0 Å². The molecule has 6 heteroatoms. The van der Waals surface area contributed by atoms with Crippen LogP contribution in [0.15, 0.2) is 64.3 Å². The van der Waals surface area contributed by atoms with E-state index in [0.717, 1.165) is 5.70 Å². The van der Waals surface area contributed by atoms with Gasteiger partial charge >= 0.3 is 5.97 Å². The molecule has 31 heavy (non-hydrogen) atoms. The van der Waals surface area contributed by atoms with E-state index in [1.54, 1.807) is 23.5 Å². The first-order chi connectivity index (χ1) is 14.8. The van der Waals surface area contributed by atoms with Crippen molar-refractivity contribution in [1.29, 1.82) is 0 Å². The summed E-state index contributed by atoms with van der Waals surface area (Å²) in [6, 6.07) is 10.2. The van der Waals surface area contributed by atoms with Crippen LogP contribution in [0, 0.1) is 11.7 Å². The van der Waals surface area contributed by atoms with E-state index in [4.69, 9.17) is 4.74 Å². The number of Topliss-reactive ketones (excluding diaryl/α,β-unsaturated/α-hetero) is 1. The number of hydrogen-bond donors (Lipinski definition) is 1. The van der Waals surface area contributed by atoms with Crippen LogP contribution in [0.4, 0.5) is 4.39 Å². The standard InChI is InChI=1S/C25H26FNO3S/c1-14(2)13-30-25(29)22-15(3)27-19-11-17(21-8-5-9-31-21)12-20(28)24(19)23(22)16-6-4-7-18(26)10-16/h4-10,14,17,23,27H,11-13H2,1-3H3/t17-,23-/m1/s1. The maximum absolute atomic E-state index is 14.1. The monoisotopic (exact) mass is 439 g/mol. The highest BCUT2D eigenvalue weighted by atomic mass is 32.1. The Kier molecular flexibility index (Phi) is 6.10. The van der Waals surface area contributed by atoms with Crippen molar-refractivity contribution in [3.05, 3.63) is 80.6 Å². The van der Waals surface area contributed by atoms with Gasteiger partial charge in [-0.3, -0.25) is 4.79 Å². The lowest BCUT2D eigenvalue weighted by Crippen LogP contribution is -2.36. The van der Waals surface area contributed by atoms with Crippen molar-refractivity contribution in [2.75, 3.05) is 6.61 Å². The van der Waals surface area contributed by atoms with E-state index >= 15 is 0 Å². The Morgan fingerprint density at radius 3 is 2.74 bits per heavy atom. The van der Waals surface area contributed by atoms with E-state index in [2.05, 4.69) is 11.4 Å². The molecule has 2 atom stereocenters. The molecule has 0 saturated heterocycles. The third-order valence-corrected chi connectivity index (χ3v) is 6.76. The highest BCUT2D eigenvalue weighted by molar-refractivity contribution is 7.10. The lowest BCUT2D eigenvalue weighted by molar-refractivity contribution is -0.140. The minimum atomic E-state index is -0.636. The molecule has 162 valence electrons. The number of carbonyl (C=O) groups excluding carboxylic acids is 2. The lowest BCUT2D eigenvalue weighted by Gasteiger charge is -2.36. The van der Waals surface area contributed by atoms with Crippen LogP contribution in [-0.2, 0) is 14.3 Å². The number of rotatable bonds is 5. The number of halogens is 1. The zero-order valence-electron chi connectivity index (χ0n) is 17.9. The Balaban J connectivity index is 1.77. The van der Waals surface area contributed by atoms with Gasteiger partial charge in [0, 0.05) is 40.1 Å². The number of hydrogen-bond acceptors (Lipinski definition) is 5. The molecule has 1 aromatic heterocycles. The summed E-state index contributed by atoms with van der Waals surface area (Å²) in [6.45, 7) is 6.04. The highest BCUT2D eigenvalue weighted by Gasteiger charge is 2.41. The molecule has 4 rings (SSSR count). The molecule has 1 N–H and O–H groups in total. The van der Waals surface area contributed by atoms with Crippen LogP contribution in [0.5, 0.6) is 0 Å². The van der Waals surface area contributed by atoms with Crippen LogP contribution >= 0.6 is 11.3 Å². The van der Waals surface area contributed by atoms with Crippen molar-refractivity contribution in [1.82, 2.24) is 5.32 Å². The number of carbonyl (C=O) groups is 2. The quantitative estimate of drug-likeness (QED) is 0.630. The molecule has 0 saturated carbocycles. The molecule has 0 bridgehead atoms. The Morgan fingerprint density at radius 1 is 1.26 bits per heavy atom. The largest absolute Gasteiger partial charge is 0.462 e. The van der Waals surface area contributed by atoms with Gasteiger partial charge in [0.2, 0.25) is 0 Å². The Hall–Kier alpha value is -2.73. The molecule has 1 aliphatic heterocycles. The minimum Gasteiger partial charge on any atom is -0.462 e. The number of nitrogens with one attached hydrogen (secondary N) is 1. The van der Waals surface area contributed by atoms with Gasteiger partial charge in [0.15, 0.2) is 5.78 Å². The zero-order chi connectivity index (χ0) is 22.1. The Morgan fingerprint density at radius 2 is 2.06 bits per heavy atom. The summed E-state index contributed by atoms with van der Waals surface area (Å²) in [6.07, 6.45) is 1.05. The maximum atomic E-state index is 14.1. The molecule has 0 amide bonds. The minimum absolute atomic E-state index is 0.0110. The molecule has 0 fully saturated rings. The molecule has 4 nitrogen and oxygen atoms in total. The average Bonchev–Trinajstić information content (AvgIpc) is 3.25. The van der Waals surface area contributed by atoms with E-state index < -0.39 is 17.7 Å². The maximum Gasteiger partial charge on any atom is 0.336 e. The fourth-order valence-corrected chi connectivity index (χ4v) is 5.20. The van der Waals surface area contributed by atoms with E-state index in [9.17, 15) is 14.0 Å². The van der Waals surface area contributed by atoms with Gasteiger partial charge in [-0.15, -0.1) is 11.3 Å². The number of benzene rings is 1. The fourth-order valence-electron chi connectivity index (χ4n) is 4.37. The highest BCUT2D eigenvalue weighted by Crippen LogP contribution is 2.46. The average molecular weight is 440 g/mol. The van der Waals surface area contributed by atoms with Crippen LogP contribution in [0.3, 0.4) is 0 Å². The number of thiophene rings is 1. The summed E-state index contributed by atoms with van der Waals surface area (Å²) < 4.78 is 19.7. The summed E-state index contributed by atoms with van der Waals surface area (Å²) in [5.74, 6) is -1.22. The van der Waals surface area contributed by atoms with Gasteiger partial charge in [0.1, 0.15) is 5.82 Å². The molecule has 1 aromatic carbocycles. The summed E-state index contributed by atoms with van der Waals surface area (Å²) in [4.78, 5) is 27.6. The molecule has 0 unspecified atom stereocenters. The van der Waals surface area contributed by atoms with Crippen molar-refractivity contribution >= 4 is 23.1 Å². The van der Waals surface area contributed by atoms with E-state index in [-0.39, 0.29) is 24.2 Å².